The predicted octanol–water partition coefficient (Wildman–Crippen LogP) is 2.97. The van der Waals surface area contributed by atoms with Crippen molar-refractivity contribution in [2.24, 2.45) is 0 Å². The molecule has 0 aliphatic carbocycles. The molecule has 2 amide bonds. The van der Waals surface area contributed by atoms with E-state index >= 15 is 0 Å². The molecule has 1 saturated heterocycles. The van der Waals surface area contributed by atoms with Gasteiger partial charge in [-0.05, 0) is 35.7 Å². The van der Waals surface area contributed by atoms with Gasteiger partial charge in [0.15, 0.2) is 16.6 Å². The molecule has 4 aromatic rings. The Labute approximate surface area is 217 Å². The van der Waals surface area contributed by atoms with Crippen LogP contribution in [-0.4, -0.2) is 63.0 Å². The number of nitrogens with one attached hydrogen (secondary N) is 1. The molecule has 192 valence electrons. The summed E-state index contributed by atoms with van der Waals surface area (Å²) >= 11 is 1.19. The van der Waals surface area contributed by atoms with Gasteiger partial charge in [-0.1, -0.05) is 6.07 Å². The fraction of sp³-hybridized carbons (Fsp3) is 0.192. The monoisotopic (exact) mass is 537 g/mol. The number of carbonyl (C=O) groups excluding carboxylic acids is 2. The minimum absolute atomic E-state index is 0.0223. The van der Waals surface area contributed by atoms with Gasteiger partial charge < -0.3 is 9.80 Å². The van der Waals surface area contributed by atoms with Gasteiger partial charge in [-0.25, -0.2) is 23.3 Å². The highest BCUT2D eigenvalue weighted by Crippen LogP contribution is 2.22. The number of H-pyrrole nitrogens is 1. The summed E-state index contributed by atoms with van der Waals surface area (Å²) in [6, 6.07) is 5.63. The maximum absolute atomic E-state index is 14.7. The Bertz CT molecular complexity index is 1690. The Morgan fingerprint density at radius 2 is 1.63 bits per heavy atom. The first-order valence-electron chi connectivity index (χ1n) is 11.4. The number of nitrogens with zero attached hydrogens (tertiary/aromatic N) is 4. The molecule has 1 N–H and O–H groups in total. The predicted molar refractivity (Wildman–Crippen MR) is 133 cm³/mol. The third-order valence-corrected chi connectivity index (χ3v) is 7.02. The number of aromatic nitrogens is 3. The molecular weight excluding hydrogens is 519 g/mol. The average Bonchev–Trinajstić information content (AvgIpc) is 3.41. The summed E-state index contributed by atoms with van der Waals surface area (Å²) in [6.07, 6.45) is 5.33. The largest absolute Gasteiger partial charge is 0.335 e. The lowest BCUT2D eigenvalue weighted by Crippen LogP contribution is -2.50. The van der Waals surface area contributed by atoms with Gasteiger partial charge in [0.2, 0.25) is 0 Å². The van der Waals surface area contributed by atoms with Crippen molar-refractivity contribution >= 4 is 33.9 Å². The fourth-order valence-corrected chi connectivity index (χ4v) is 4.87. The van der Waals surface area contributed by atoms with Crippen LogP contribution in [-0.2, 0) is 6.42 Å². The minimum atomic E-state index is -1.17. The molecule has 1 aliphatic rings. The molecule has 8 nitrogen and oxygen atoms in total. The topological polar surface area (TPSA) is 99.3 Å². The van der Waals surface area contributed by atoms with Crippen LogP contribution in [0, 0.1) is 29.8 Å². The number of rotatable bonds is 4. The van der Waals surface area contributed by atoms with Crippen molar-refractivity contribution in [3.63, 3.8) is 0 Å². The van der Waals surface area contributed by atoms with Crippen LogP contribution in [0.4, 0.5) is 13.2 Å². The summed E-state index contributed by atoms with van der Waals surface area (Å²) in [5.74, 6) is -1.49. The van der Waals surface area contributed by atoms with Crippen molar-refractivity contribution in [1.82, 2.24) is 25.0 Å². The Morgan fingerprint density at radius 3 is 2.29 bits per heavy atom. The van der Waals surface area contributed by atoms with Crippen LogP contribution in [0.15, 0.2) is 40.5 Å². The third kappa shape index (κ3) is 4.76. The summed E-state index contributed by atoms with van der Waals surface area (Å²) < 4.78 is 42.2. The number of hydrogen-bond acceptors (Lipinski definition) is 6. The second-order valence-corrected chi connectivity index (χ2v) is 9.43. The lowest BCUT2D eigenvalue weighted by atomic mass is 10.0. The van der Waals surface area contributed by atoms with Crippen molar-refractivity contribution in [1.29, 1.82) is 0 Å². The molecule has 0 atom stereocenters. The number of hydrogen-bond donors (Lipinski definition) is 1. The highest BCUT2D eigenvalue weighted by molar-refractivity contribution is 7.10. The zero-order valence-corrected chi connectivity index (χ0v) is 20.4. The lowest BCUT2D eigenvalue weighted by Gasteiger charge is -2.34. The molecule has 2 aromatic heterocycles. The molecule has 5 rings (SSSR count). The van der Waals surface area contributed by atoms with Crippen molar-refractivity contribution < 1.29 is 22.8 Å². The molecule has 2 aromatic carbocycles. The molecule has 0 spiro atoms. The molecule has 3 heterocycles. The highest BCUT2D eigenvalue weighted by Gasteiger charge is 2.28. The number of terminal acetylenes is 1. The van der Waals surface area contributed by atoms with Crippen LogP contribution >= 0.6 is 11.3 Å². The number of piperazine rings is 1. The Balaban J connectivity index is 1.33. The molecule has 0 saturated carbocycles. The van der Waals surface area contributed by atoms with Crippen molar-refractivity contribution in [2.75, 3.05) is 26.2 Å². The van der Waals surface area contributed by atoms with Crippen LogP contribution in [0.25, 0.3) is 10.8 Å². The summed E-state index contributed by atoms with van der Waals surface area (Å²) in [7, 11) is 0. The Morgan fingerprint density at radius 1 is 0.974 bits per heavy atom. The molecule has 0 radical (unpaired) electrons. The van der Waals surface area contributed by atoms with Crippen LogP contribution < -0.4 is 5.56 Å². The summed E-state index contributed by atoms with van der Waals surface area (Å²) in [4.78, 5) is 44.9. The van der Waals surface area contributed by atoms with E-state index in [2.05, 4.69) is 21.1 Å². The molecule has 12 heteroatoms. The number of fused-ring (bicyclic) bond motifs is 1. The molecule has 1 fully saturated rings. The van der Waals surface area contributed by atoms with Gasteiger partial charge in [-0.3, -0.25) is 14.4 Å². The number of benzene rings is 2. The van der Waals surface area contributed by atoms with Crippen LogP contribution in [0.1, 0.15) is 37.1 Å². The van der Waals surface area contributed by atoms with E-state index in [4.69, 9.17) is 6.42 Å². The summed E-state index contributed by atoms with van der Waals surface area (Å²) in [5.41, 5.74) is 0.0908. The standard InChI is InChI=1S/C26H18F3N5O3S/c1-2-23-30-22(13-38-23)26(37)34-7-5-33(6-8-34)25(36)17-9-14(3-4-18(17)27)10-21-15-11-19(28)20(29)12-16(15)24(35)32-31-21/h1,3-4,9,11-13H,5-8,10H2,(H,32,35). The minimum Gasteiger partial charge on any atom is -0.335 e. The number of aromatic amines is 1. The normalized spacial score (nSPS) is 13.5. The van der Waals surface area contributed by atoms with Crippen LogP contribution in [0.2, 0.25) is 0 Å². The van der Waals surface area contributed by atoms with E-state index in [0.717, 1.165) is 18.2 Å². The maximum Gasteiger partial charge on any atom is 0.273 e. The average molecular weight is 538 g/mol. The number of thiazole rings is 1. The first-order valence-corrected chi connectivity index (χ1v) is 12.3. The van der Waals surface area contributed by atoms with E-state index < -0.39 is 28.9 Å². The molecule has 1 aliphatic heterocycles. The van der Waals surface area contributed by atoms with Gasteiger partial charge in [0.05, 0.1) is 16.6 Å². The Kier molecular flexibility index (Phi) is 6.69. The Hall–Kier alpha value is -4.50. The van der Waals surface area contributed by atoms with Gasteiger partial charge in [0.25, 0.3) is 17.4 Å². The summed E-state index contributed by atoms with van der Waals surface area (Å²) in [5, 5.41) is 8.22. The van der Waals surface area contributed by atoms with Crippen molar-refractivity contribution in [3.8, 4) is 12.3 Å². The third-order valence-electron chi connectivity index (χ3n) is 6.24. The van der Waals surface area contributed by atoms with E-state index in [1.807, 2.05) is 0 Å². The zero-order valence-electron chi connectivity index (χ0n) is 19.6. The van der Waals surface area contributed by atoms with E-state index in [1.165, 1.54) is 28.4 Å². The SMILES string of the molecule is C#Cc1nc(C(=O)N2CCN(C(=O)c3cc(Cc4n[nH]c(=O)c5cc(F)c(F)cc45)ccc3F)CC2)cs1. The van der Waals surface area contributed by atoms with Crippen LogP contribution in [0.5, 0.6) is 0 Å². The quantitative estimate of drug-likeness (QED) is 0.404. The fourth-order valence-electron chi connectivity index (χ4n) is 4.27. The van der Waals surface area contributed by atoms with Gasteiger partial charge in [0.1, 0.15) is 11.5 Å². The van der Waals surface area contributed by atoms with E-state index in [0.29, 0.717) is 10.6 Å². The molecule has 38 heavy (non-hydrogen) atoms. The van der Waals surface area contributed by atoms with Gasteiger partial charge in [-0.2, -0.15) is 5.10 Å². The first kappa shape index (κ1) is 25.2. The maximum atomic E-state index is 14.7. The lowest BCUT2D eigenvalue weighted by molar-refractivity contribution is 0.0530. The second kappa shape index (κ2) is 10.1. The van der Waals surface area contributed by atoms with Gasteiger partial charge in [0, 0.05) is 43.4 Å². The van der Waals surface area contributed by atoms with Crippen molar-refractivity contribution in [2.45, 2.75) is 6.42 Å². The van der Waals surface area contributed by atoms with Crippen LogP contribution in [0.3, 0.4) is 0 Å². The second-order valence-electron chi connectivity index (χ2n) is 8.57. The first-order chi connectivity index (χ1) is 18.2. The molecule has 0 unspecified atom stereocenters. The van der Waals surface area contributed by atoms with E-state index in [9.17, 15) is 27.6 Å². The van der Waals surface area contributed by atoms with E-state index in [1.54, 1.807) is 10.3 Å². The van der Waals surface area contributed by atoms with E-state index in [-0.39, 0.29) is 66.2 Å². The molecular formula is C26H18F3N5O3S. The smallest absolute Gasteiger partial charge is 0.273 e. The highest BCUT2D eigenvalue weighted by atomic mass is 32.1. The number of carbonyl (C=O) groups is 2. The zero-order chi connectivity index (χ0) is 27.0. The van der Waals surface area contributed by atoms with Gasteiger partial charge >= 0.3 is 0 Å². The van der Waals surface area contributed by atoms with Crippen molar-refractivity contribution in [3.05, 3.63) is 91.0 Å². The molecule has 0 bridgehead atoms. The van der Waals surface area contributed by atoms with Gasteiger partial charge in [-0.15, -0.1) is 17.8 Å². The summed E-state index contributed by atoms with van der Waals surface area (Å²) in [6.45, 7) is 0.864. The number of halogens is 3. The number of amides is 2.